The van der Waals surface area contributed by atoms with E-state index in [2.05, 4.69) is 5.32 Å². The molecule has 0 saturated carbocycles. The third-order valence-electron chi connectivity index (χ3n) is 3.36. The Morgan fingerprint density at radius 3 is 2.24 bits per heavy atom. The SMILES string of the molecule is Cc1ccc(F)cc1[C@H](N1CCNCC1)C(F)(F)F.Cl.Cl. The Labute approximate surface area is 133 Å². The zero-order chi connectivity index (χ0) is 14.0. The Balaban J connectivity index is 0.00000200. The molecule has 1 atom stereocenters. The van der Waals surface area contributed by atoms with Gasteiger partial charge in [-0.1, -0.05) is 6.07 Å². The predicted octanol–water partition coefficient (Wildman–Crippen LogP) is 3.49. The van der Waals surface area contributed by atoms with E-state index in [0.717, 1.165) is 6.07 Å². The van der Waals surface area contributed by atoms with Crippen LogP contribution in [0.25, 0.3) is 0 Å². The third kappa shape index (κ3) is 4.98. The lowest BCUT2D eigenvalue weighted by molar-refractivity contribution is -0.188. The number of hydrogen-bond acceptors (Lipinski definition) is 2. The minimum absolute atomic E-state index is 0. The Morgan fingerprint density at radius 2 is 1.71 bits per heavy atom. The van der Waals surface area contributed by atoms with Crippen LogP contribution in [0.2, 0.25) is 0 Å². The molecule has 1 heterocycles. The normalized spacial score (nSPS) is 17.6. The molecular formula is C13H18Cl2F4N2. The summed E-state index contributed by atoms with van der Waals surface area (Å²) in [6.07, 6.45) is -4.41. The maximum absolute atomic E-state index is 13.3. The summed E-state index contributed by atoms with van der Waals surface area (Å²) in [6, 6.07) is 1.84. The minimum Gasteiger partial charge on any atom is -0.314 e. The van der Waals surface area contributed by atoms with Crippen molar-refractivity contribution < 1.29 is 17.6 Å². The largest absolute Gasteiger partial charge is 0.408 e. The highest BCUT2D eigenvalue weighted by Crippen LogP contribution is 2.39. The lowest BCUT2D eigenvalue weighted by Gasteiger charge is -2.36. The van der Waals surface area contributed by atoms with Gasteiger partial charge in [0.05, 0.1) is 0 Å². The lowest BCUT2D eigenvalue weighted by atomic mass is 9.98. The first-order valence-electron chi connectivity index (χ1n) is 6.17. The summed E-state index contributed by atoms with van der Waals surface area (Å²) < 4.78 is 53.2. The van der Waals surface area contributed by atoms with Gasteiger partial charge in [-0.2, -0.15) is 13.2 Å². The van der Waals surface area contributed by atoms with Crippen LogP contribution >= 0.6 is 24.8 Å². The van der Waals surface area contributed by atoms with Crippen molar-refractivity contribution in [2.75, 3.05) is 26.2 Å². The monoisotopic (exact) mass is 348 g/mol. The number of nitrogens with one attached hydrogen (secondary N) is 1. The molecule has 0 unspecified atom stereocenters. The molecule has 2 rings (SSSR count). The summed E-state index contributed by atoms with van der Waals surface area (Å²) in [7, 11) is 0. The molecule has 0 bridgehead atoms. The van der Waals surface area contributed by atoms with Crippen LogP contribution in [0.1, 0.15) is 17.2 Å². The number of nitrogens with zero attached hydrogens (tertiary/aromatic N) is 1. The van der Waals surface area contributed by atoms with Crippen LogP contribution in [0.15, 0.2) is 18.2 Å². The number of aryl methyl sites for hydroxylation is 1. The Morgan fingerprint density at radius 1 is 1.14 bits per heavy atom. The third-order valence-corrected chi connectivity index (χ3v) is 3.36. The van der Waals surface area contributed by atoms with E-state index in [1.165, 1.54) is 17.0 Å². The Kier molecular flexibility index (Phi) is 7.95. The summed E-state index contributed by atoms with van der Waals surface area (Å²) >= 11 is 0. The van der Waals surface area contributed by atoms with Crippen LogP contribution in [0, 0.1) is 12.7 Å². The number of alkyl halides is 3. The molecular weight excluding hydrogens is 331 g/mol. The molecule has 1 fully saturated rings. The fourth-order valence-electron chi connectivity index (χ4n) is 2.43. The zero-order valence-corrected chi connectivity index (χ0v) is 13.0. The van der Waals surface area contributed by atoms with Crippen molar-refractivity contribution in [3.8, 4) is 0 Å². The highest BCUT2D eigenvalue weighted by molar-refractivity contribution is 5.85. The van der Waals surface area contributed by atoms with Crippen molar-refractivity contribution in [1.82, 2.24) is 10.2 Å². The van der Waals surface area contributed by atoms with E-state index in [-0.39, 0.29) is 30.4 Å². The molecule has 1 aliphatic heterocycles. The molecule has 122 valence electrons. The van der Waals surface area contributed by atoms with E-state index >= 15 is 0 Å². The van der Waals surface area contributed by atoms with Crippen molar-refractivity contribution >= 4 is 24.8 Å². The molecule has 8 heteroatoms. The first kappa shape index (κ1) is 20.4. The fourth-order valence-corrected chi connectivity index (χ4v) is 2.43. The predicted molar refractivity (Wildman–Crippen MR) is 78.9 cm³/mol. The van der Waals surface area contributed by atoms with Gasteiger partial charge in [-0.25, -0.2) is 4.39 Å². The number of piperazine rings is 1. The van der Waals surface area contributed by atoms with Crippen molar-refractivity contribution in [3.05, 3.63) is 35.1 Å². The van der Waals surface area contributed by atoms with Crippen LogP contribution in [0.4, 0.5) is 17.6 Å². The molecule has 1 N–H and O–H groups in total. The second-order valence-electron chi connectivity index (χ2n) is 4.73. The van der Waals surface area contributed by atoms with Gasteiger partial charge in [0.1, 0.15) is 11.9 Å². The molecule has 1 aromatic rings. The zero-order valence-electron chi connectivity index (χ0n) is 11.4. The van der Waals surface area contributed by atoms with Gasteiger partial charge < -0.3 is 5.32 Å². The Bertz CT molecular complexity index is 448. The summed E-state index contributed by atoms with van der Waals surface area (Å²) in [5.41, 5.74) is 0.469. The molecule has 1 aliphatic rings. The molecule has 2 nitrogen and oxygen atoms in total. The summed E-state index contributed by atoms with van der Waals surface area (Å²) in [5, 5.41) is 3.02. The van der Waals surface area contributed by atoms with Gasteiger partial charge in [0, 0.05) is 26.2 Å². The molecule has 1 aromatic carbocycles. The van der Waals surface area contributed by atoms with Crippen LogP contribution < -0.4 is 5.32 Å². The molecule has 21 heavy (non-hydrogen) atoms. The van der Waals surface area contributed by atoms with Gasteiger partial charge in [0.25, 0.3) is 0 Å². The summed E-state index contributed by atoms with van der Waals surface area (Å²) in [5.74, 6) is -0.634. The fraction of sp³-hybridized carbons (Fsp3) is 0.538. The smallest absolute Gasteiger partial charge is 0.314 e. The maximum atomic E-state index is 13.3. The van der Waals surface area contributed by atoms with E-state index in [0.29, 0.717) is 31.7 Å². The molecule has 1 saturated heterocycles. The summed E-state index contributed by atoms with van der Waals surface area (Å²) in [4.78, 5) is 1.36. The van der Waals surface area contributed by atoms with E-state index in [1.54, 1.807) is 6.92 Å². The molecule has 0 amide bonds. The first-order valence-corrected chi connectivity index (χ1v) is 6.17. The first-order chi connectivity index (χ1) is 8.89. The number of hydrogen-bond donors (Lipinski definition) is 1. The van der Waals surface area contributed by atoms with E-state index < -0.39 is 18.0 Å². The lowest BCUT2D eigenvalue weighted by Crippen LogP contribution is -2.49. The standard InChI is InChI=1S/C13H16F4N2.2ClH/c1-9-2-3-10(14)8-11(9)12(13(15,16)17)19-6-4-18-5-7-19;;/h2-3,8,12,18H,4-7H2,1H3;2*1H/t12-;;/m0../s1. The average Bonchev–Trinajstić information content (AvgIpc) is 2.33. The van der Waals surface area contributed by atoms with E-state index in [4.69, 9.17) is 0 Å². The Hall–Kier alpha value is -0.560. The van der Waals surface area contributed by atoms with Crippen LogP contribution in [0.5, 0.6) is 0 Å². The minimum atomic E-state index is -4.41. The van der Waals surface area contributed by atoms with Crippen LogP contribution in [-0.4, -0.2) is 37.3 Å². The topological polar surface area (TPSA) is 15.3 Å². The second kappa shape index (κ2) is 8.17. The van der Waals surface area contributed by atoms with Gasteiger partial charge in [-0.15, -0.1) is 24.8 Å². The van der Waals surface area contributed by atoms with Crippen molar-refractivity contribution in [1.29, 1.82) is 0 Å². The van der Waals surface area contributed by atoms with E-state index in [9.17, 15) is 17.6 Å². The van der Waals surface area contributed by atoms with Gasteiger partial charge in [-0.3, -0.25) is 4.90 Å². The highest BCUT2D eigenvalue weighted by Gasteiger charge is 2.45. The number of halogens is 6. The molecule has 0 radical (unpaired) electrons. The summed E-state index contributed by atoms with van der Waals surface area (Å²) in [6.45, 7) is 3.22. The van der Waals surface area contributed by atoms with Gasteiger partial charge >= 0.3 is 6.18 Å². The maximum Gasteiger partial charge on any atom is 0.408 e. The van der Waals surface area contributed by atoms with Crippen molar-refractivity contribution in [2.45, 2.75) is 19.1 Å². The van der Waals surface area contributed by atoms with Crippen molar-refractivity contribution in [3.63, 3.8) is 0 Å². The van der Waals surface area contributed by atoms with E-state index in [1.807, 2.05) is 0 Å². The van der Waals surface area contributed by atoms with Crippen LogP contribution in [0.3, 0.4) is 0 Å². The van der Waals surface area contributed by atoms with Gasteiger partial charge in [0.2, 0.25) is 0 Å². The molecule has 0 aliphatic carbocycles. The van der Waals surface area contributed by atoms with Crippen molar-refractivity contribution in [2.24, 2.45) is 0 Å². The molecule has 0 spiro atoms. The number of benzene rings is 1. The highest BCUT2D eigenvalue weighted by atomic mass is 35.5. The quantitative estimate of drug-likeness (QED) is 0.823. The molecule has 0 aromatic heterocycles. The van der Waals surface area contributed by atoms with Gasteiger partial charge in [0.15, 0.2) is 0 Å². The van der Waals surface area contributed by atoms with Crippen LogP contribution in [-0.2, 0) is 0 Å². The van der Waals surface area contributed by atoms with Gasteiger partial charge in [-0.05, 0) is 30.2 Å². The second-order valence-corrected chi connectivity index (χ2v) is 4.73. The average molecular weight is 349 g/mol. The number of rotatable bonds is 2.